The van der Waals surface area contributed by atoms with Gasteiger partial charge in [-0.25, -0.2) is 9.18 Å². The summed E-state index contributed by atoms with van der Waals surface area (Å²) in [6, 6.07) is 4.58. The molecule has 1 aromatic heterocycles. The number of benzene rings is 1. The van der Waals surface area contributed by atoms with Crippen LogP contribution in [0.2, 0.25) is 5.02 Å². The van der Waals surface area contributed by atoms with Crippen LogP contribution in [0, 0.1) is 5.82 Å². The van der Waals surface area contributed by atoms with E-state index < -0.39 is 5.97 Å². The summed E-state index contributed by atoms with van der Waals surface area (Å²) in [5, 5.41) is 13.5. The maximum atomic E-state index is 13.9. The minimum atomic E-state index is -1.19. The molecule has 0 saturated carbocycles. The van der Waals surface area contributed by atoms with Crippen molar-refractivity contribution in [2.24, 2.45) is 7.05 Å². The lowest BCUT2D eigenvalue weighted by molar-refractivity contribution is 0.0605. The quantitative estimate of drug-likeness (QED) is 0.876. The molecule has 1 amide bonds. The number of carbonyl (C=O) groups excluding carboxylic acids is 1. The number of hydrogen-bond acceptors (Lipinski definition) is 4. The van der Waals surface area contributed by atoms with E-state index in [0.29, 0.717) is 43.3 Å². The first-order valence-corrected chi connectivity index (χ1v) is 8.46. The second-order valence-corrected chi connectivity index (χ2v) is 6.51. The number of amides is 1. The van der Waals surface area contributed by atoms with Gasteiger partial charge in [0.1, 0.15) is 5.82 Å². The fourth-order valence-electron chi connectivity index (χ4n) is 3.03. The number of carbonyl (C=O) groups is 2. The molecule has 1 saturated heterocycles. The van der Waals surface area contributed by atoms with E-state index in [1.807, 2.05) is 4.90 Å². The van der Waals surface area contributed by atoms with Crippen LogP contribution in [0.4, 0.5) is 4.39 Å². The number of aryl methyl sites for hydroxylation is 1. The van der Waals surface area contributed by atoms with Gasteiger partial charge in [-0.1, -0.05) is 17.7 Å². The van der Waals surface area contributed by atoms with Gasteiger partial charge in [0.2, 0.25) is 0 Å². The van der Waals surface area contributed by atoms with Gasteiger partial charge >= 0.3 is 5.97 Å². The number of nitrogens with zero attached hydrogens (tertiary/aromatic N) is 4. The molecular formula is C17H18ClFN4O3. The van der Waals surface area contributed by atoms with Crippen LogP contribution >= 0.6 is 11.6 Å². The van der Waals surface area contributed by atoms with Gasteiger partial charge in [-0.15, -0.1) is 0 Å². The standard InChI is InChI=1S/C17H18ClFN4O3/c1-21-15(17(25)26)11(9-20-21)16(24)23-7-5-22(6-8-23)10-12-13(18)3-2-4-14(12)19/h2-4,9H,5-8,10H2,1H3,(H,25,26). The second kappa shape index (κ2) is 7.43. The highest BCUT2D eigenvalue weighted by molar-refractivity contribution is 6.31. The molecule has 2 aromatic rings. The van der Waals surface area contributed by atoms with Gasteiger partial charge in [-0.2, -0.15) is 5.10 Å². The van der Waals surface area contributed by atoms with E-state index in [9.17, 15) is 19.1 Å². The minimum Gasteiger partial charge on any atom is -0.477 e. The van der Waals surface area contributed by atoms with Crippen molar-refractivity contribution >= 4 is 23.5 Å². The predicted octanol–water partition coefficient (Wildman–Crippen LogP) is 1.87. The number of rotatable bonds is 4. The van der Waals surface area contributed by atoms with Crippen LogP contribution in [0.15, 0.2) is 24.4 Å². The van der Waals surface area contributed by atoms with Crippen LogP contribution in [-0.2, 0) is 13.6 Å². The summed E-state index contributed by atoms with van der Waals surface area (Å²) in [4.78, 5) is 27.5. The summed E-state index contributed by atoms with van der Waals surface area (Å²) in [7, 11) is 1.48. The molecule has 1 fully saturated rings. The molecule has 9 heteroatoms. The zero-order valence-corrected chi connectivity index (χ0v) is 14.9. The number of aromatic nitrogens is 2. The molecule has 138 valence electrons. The van der Waals surface area contributed by atoms with Crippen LogP contribution in [0.3, 0.4) is 0 Å². The van der Waals surface area contributed by atoms with Crippen molar-refractivity contribution < 1.29 is 19.1 Å². The number of carboxylic acid groups (broad SMARTS) is 1. The van der Waals surface area contributed by atoms with Crippen molar-refractivity contribution in [2.45, 2.75) is 6.54 Å². The Morgan fingerprint density at radius 1 is 1.27 bits per heavy atom. The van der Waals surface area contributed by atoms with Crippen molar-refractivity contribution in [3.63, 3.8) is 0 Å². The molecule has 0 radical (unpaired) electrons. The lowest BCUT2D eigenvalue weighted by Crippen LogP contribution is -2.48. The molecule has 2 heterocycles. The molecule has 1 aromatic carbocycles. The van der Waals surface area contributed by atoms with Gasteiger partial charge in [0.25, 0.3) is 5.91 Å². The lowest BCUT2D eigenvalue weighted by atomic mass is 10.1. The molecule has 7 nitrogen and oxygen atoms in total. The highest BCUT2D eigenvalue weighted by Gasteiger charge is 2.28. The van der Waals surface area contributed by atoms with E-state index in [1.165, 1.54) is 24.0 Å². The van der Waals surface area contributed by atoms with Gasteiger partial charge in [0, 0.05) is 50.4 Å². The van der Waals surface area contributed by atoms with E-state index in [4.69, 9.17) is 11.6 Å². The zero-order valence-electron chi connectivity index (χ0n) is 14.2. The Morgan fingerprint density at radius 3 is 2.58 bits per heavy atom. The Kier molecular flexibility index (Phi) is 5.24. The summed E-state index contributed by atoms with van der Waals surface area (Å²) < 4.78 is 15.1. The van der Waals surface area contributed by atoms with Crippen LogP contribution in [0.25, 0.3) is 0 Å². The topological polar surface area (TPSA) is 78.7 Å². The molecular weight excluding hydrogens is 363 g/mol. The van der Waals surface area contributed by atoms with Crippen molar-refractivity contribution in [2.75, 3.05) is 26.2 Å². The molecule has 0 spiro atoms. The SMILES string of the molecule is Cn1ncc(C(=O)N2CCN(Cc3c(F)cccc3Cl)CC2)c1C(=O)O. The number of halogens is 2. The molecule has 26 heavy (non-hydrogen) atoms. The largest absolute Gasteiger partial charge is 0.477 e. The molecule has 0 bridgehead atoms. The van der Waals surface area contributed by atoms with Crippen LogP contribution in [0.1, 0.15) is 26.4 Å². The van der Waals surface area contributed by atoms with Gasteiger partial charge < -0.3 is 10.0 Å². The van der Waals surface area contributed by atoms with Crippen molar-refractivity contribution in [3.05, 3.63) is 52.1 Å². The first kappa shape index (κ1) is 18.3. The van der Waals surface area contributed by atoms with E-state index in [0.717, 1.165) is 0 Å². The Balaban J connectivity index is 1.65. The molecule has 1 aliphatic heterocycles. The third-order valence-electron chi connectivity index (χ3n) is 4.47. The molecule has 3 rings (SSSR count). The molecule has 1 aliphatic rings. The minimum absolute atomic E-state index is 0.0746. The monoisotopic (exact) mass is 380 g/mol. The Labute approximate surface area is 154 Å². The Hall–Kier alpha value is -2.45. The maximum Gasteiger partial charge on any atom is 0.354 e. The summed E-state index contributed by atoms with van der Waals surface area (Å²) in [5.74, 6) is -1.90. The molecule has 1 N–H and O–H groups in total. The highest BCUT2D eigenvalue weighted by atomic mass is 35.5. The number of aromatic carboxylic acids is 1. The summed E-state index contributed by atoms with van der Waals surface area (Å²) in [6.07, 6.45) is 1.28. The predicted molar refractivity (Wildman–Crippen MR) is 92.8 cm³/mol. The molecule has 0 atom stereocenters. The summed E-state index contributed by atoms with van der Waals surface area (Å²) >= 11 is 6.06. The summed E-state index contributed by atoms with van der Waals surface area (Å²) in [6.45, 7) is 2.27. The van der Waals surface area contributed by atoms with Crippen molar-refractivity contribution in [3.8, 4) is 0 Å². The van der Waals surface area contributed by atoms with Gasteiger partial charge in [0.05, 0.1) is 11.8 Å². The van der Waals surface area contributed by atoms with Crippen LogP contribution in [0.5, 0.6) is 0 Å². The number of piperazine rings is 1. The Bertz CT molecular complexity index is 826. The van der Waals surface area contributed by atoms with Gasteiger partial charge in [0.15, 0.2) is 5.69 Å². The summed E-state index contributed by atoms with van der Waals surface area (Å²) in [5.41, 5.74) is 0.385. The van der Waals surface area contributed by atoms with Crippen molar-refractivity contribution in [1.29, 1.82) is 0 Å². The first-order chi connectivity index (χ1) is 12.4. The fraction of sp³-hybridized carbons (Fsp3) is 0.353. The third kappa shape index (κ3) is 3.56. The lowest BCUT2D eigenvalue weighted by Gasteiger charge is -2.34. The fourth-order valence-corrected chi connectivity index (χ4v) is 3.26. The van der Waals surface area contributed by atoms with E-state index in [-0.39, 0.29) is 23.0 Å². The highest BCUT2D eigenvalue weighted by Crippen LogP contribution is 2.22. The van der Waals surface area contributed by atoms with E-state index >= 15 is 0 Å². The van der Waals surface area contributed by atoms with E-state index in [1.54, 1.807) is 17.0 Å². The van der Waals surface area contributed by atoms with Crippen molar-refractivity contribution in [1.82, 2.24) is 19.6 Å². The molecule has 0 aliphatic carbocycles. The number of hydrogen-bond donors (Lipinski definition) is 1. The normalized spacial score (nSPS) is 15.3. The average molecular weight is 381 g/mol. The third-order valence-corrected chi connectivity index (χ3v) is 4.83. The van der Waals surface area contributed by atoms with Gasteiger partial charge in [-0.05, 0) is 12.1 Å². The Morgan fingerprint density at radius 2 is 1.96 bits per heavy atom. The average Bonchev–Trinajstić information content (AvgIpc) is 3.00. The first-order valence-electron chi connectivity index (χ1n) is 8.08. The van der Waals surface area contributed by atoms with Crippen LogP contribution < -0.4 is 0 Å². The van der Waals surface area contributed by atoms with E-state index in [2.05, 4.69) is 5.10 Å². The molecule has 0 unspecified atom stereocenters. The van der Waals surface area contributed by atoms with Crippen LogP contribution in [-0.4, -0.2) is 62.7 Å². The smallest absolute Gasteiger partial charge is 0.354 e. The zero-order chi connectivity index (χ0) is 18.8. The number of carboxylic acids is 1. The van der Waals surface area contributed by atoms with Gasteiger partial charge in [-0.3, -0.25) is 14.4 Å². The maximum absolute atomic E-state index is 13.9. The second-order valence-electron chi connectivity index (χ2n) is 6.10.